The number of nitrogens with zero attached hydrogens (tertiary/aromatic N) is 2. The molecule has 1 heterocycles. The molecule has 0 saturated heterocycles. The average molecular weight is 419 g/mol. The maximum Gasteiger partial charge on any atom is 0.348 e. The molecule has 0 aliphatic carbocycles. The van der Waals surface area contributed by atoms with E-state index in [1.807, 2.05) is 31.2 Å². The zero-order valence-corrected chi connectivity index (χ0v) is 16.7. The summed E-state index contributed by atoms with van der Waals surface area (Å²) >= 11 is 6.83. The third-order valence-electron chi connectivity index (χ3n) is 3.93. The molecule has 0 unspecified atom stereocenters. The number of carbonyl (C=O) groups excluding carboxylic acids is 1. The van der Waals surface area contributed by atoms with E-state index in [0.29, 0.717) is 5.69 Å². The minimum Gasteiger partial charge on any atom is -0.465 e. The van der Waals surface area contributed by atoms with Crippen molar-refractivity contribution in [1.82, 2.24) is 4.57 Å². The Labute approximate surface area is 169 Å². The lowest BCUT2D eigenvalue weighted by molar-refractivity contribution is 0.0605. The first-order chi connectivity index (χ1) is 13.4. The summed E-state index contributed by atoms with van der Waals surface area (Å²) in [6, 6.07) is 12.9. The molecule has 144 valence electrons. The Balaban J connectivity index is 2.18. The molecule has 28 heavy (non-hydrogen) atoms. The molecule has 0 bridgehead atoms. The van der Waals surface area contributed by atoms with Crippen LogP contribution in [0.4, 0.5) is 10.1 Å². The van der Waals surface area contributed by atoms with E-state index in [0.717, 1.165) is 22.5 Å². The Kier molecular flexibility index (Phi) is 6.06. The summed E-state index contributed by atoms with van der Waals surface area (Å²) in [6.45, 7) is 2.24. The van der Waals surface area contributed by atoms with Gasteiger partial charge in [0.15, 0.2) is 4.80 Å². The summed E-state index contributed by atoms with van der Waals surface area (Å²) in [4.78, 5) is 29.4. The topological polar surface area (TPSA) is 60.7 Å². The van der Waals surface area contributed by atoms with E-state index >= 15 is 0 Å². The van der Waals surface area contributed by atoms with Crippen molar-refractivity contribution >= 4 is 34.6 Å². The van der Waals surface area contributed by atoms with Crippen LogP contribution >= 0.6 is 22.9 Å². The van der Waals surface area contributed by atoms with E-state index in [1.54, 1.807) is 0 Å². The number of aromatic nitrogens is 1. The predicted octanol–water partition coefficient (Wildman–Crippen LogP) is 4.08. The van der Waals surface area contributed by atoms with Crippen LogP contribution in [0.3, 0.4) is 0 Å². The lowest BCUT2D eigenvalue weighted by Crippen LogP contribution is -2.33. The number of halogens is 2. The molecular weight excluding hydrogens is 403 g/mol. The quantitative estimate of drug-likeness (QED) is 0.600. The van der Waals surface area contributed by atoms with Crippen molar-refractivity contribution in [2.45, 2.75) is 13.5 Å². The van der Waals surface area contributed by atoms with E-state index in [1.165, 1.54) is 35.9 Å². The van der Waals surface area contributed by atoms with Gasteiger partial charge in [0, 0.05) is 6.07 Å². The molecule has 3 aromatic rings. The summed E-state index contributed by atoms with van der Waals surface area (Å²) in [6.07, 6.45) is 0. The lowest BCUT2D eigenvalue weighted by Gasteiger charge is -2.08. The Morgan fingerprint density at radius 2 is 1.93 bits per heavy atom. The number of benzene rings is 2. The molecule has 0 saturated carbocycles. The van der Waals surface area contributed by atoms with Gasteiger partial charge in [-0.1, -0.05) is 52.8 Å². The number of hydrogen-bond donors (Lipinski definition) is 0. The first-order valence-corrected chi connectivity index (χ1v) is 9.45. The number of hydrogen-bond acceptors (Lipinski definition) is 5. The summed E-state index contributed by atoms with van der Waals surface area (Å²) in [5, 5.41) is -0.0807. The largest absolute Gasteiger partial charge is 0.465 e. The Morgan fingerprint density at radius 1 is 1.21 bits per heavy atom. The van der Waals surface area contributed by atoms with Crippen LogP contribution in [0.15, 0.2) is 58.3 Å². The molecule has 0 atom stereocenters. The normalized spacial score (nSPS) is 11.5. The molecule has 8 heteroatoms. The van der Waals surface area contributed by atoms with E-state index in [4.69, 9.17) is 16.3 Å². The van der Waals surface area contributed by atoms with Crippen molar-refractivity contribution in [3.05, 3.63) is 90.5 Å². The highest BCUT2D eigenvalue weighted by Gasteiger charge is 2.12. The van der Waals surface area contributed by atoms with Crippen molar-refractivity contribution < 1.29 is 13.9 Å². The molecule has 1 aromatic heterocycles. The molecular formula is C20H16ClFN2O3S. The van der Waals surface area contributed by atoms with Crippen molar-refractivity contribution in [3.63, 3.8) is 0 Å². The molecule has 0 N–H and O–H groups in total. The summed E-state index contributed by atoms with van der Waals surface area (Å²) in [5.74, 6) is -1.19. The molecule has 3 rings (SSSR count). The van der Waals surface area contributed by atoms with Gasteiger partial charge in [-0.2, -0.15) is 0 Å². The first kappa shape index (κ1) is 20.0. The summed E-state index contributed by atoms with van der Waals surface area (Å²) in [7, 11) is 1.24. The number of aryl methyl sites for hydroxylation is 1. The van der Waals surface area contributed by atoms with Crippen molar-refractivity contribution in [1.29, 1.82) is 0 Å². The molecule has 2 aromatic carbocycles. The van der Waals surface area contributed by atoms with Gasteiger partial charge < -0.3 is 4.74 Å². The van der Waals surface area contributed by atoms with Gasteiger partial charge in [0.2, 0.25) is 0 Å². The minimum atomic E-state index is -0.627. The van der Waals surface area contributed by atoms with Gasteiger partial charge in [-0.3, -0.25) is 9.36 Å². The average Bonchev–Trinajstić information content (AvgIpc) is 2.68. The van der Waals surface area contributed by atoms with Crippen molar-refractivity contribution in [2.75, 3.05) is 7.11 Å². The van der Waals surface area contributed by atoms with E-state index in [-0.39, 0.29) is 21.2 Å². The maximum absolute atomic E-state index is 13.4. The van der Waals surface area contributed by atoms with Crippen molar-refractivity contribution in [2.24, 2.45) is 4.99 Å². The van der Waals surface area contributed by atoms with Gasteiger partial charge >= 0.3 is 5.97 Å². The molecule has 0 fully saturated rings. The van der Waals surface area contributed by atoms with Gasteiger partial charge in [0.1, 0.15) is 10.7 Å². The zero-order valence-electron chi connectivity index (χ0n) is 15.1. The van der Waals surface area contributed by atoms with E-state index in [2.05, 4.69) is 4.99 Å². The van der Waals surface area contributed by atoms with Crippen LogP contribution in [0.25, 0.3) is 0 Å². The summed E-state index contributed by atoms with van der Waals surface area (Å²) in [5.41, 5.74) is 1.97. The van der Waals surface area contributed by atoms with Gasteiger partial charge in [0.25, 0.3) is 5.56 Å². The second-order valence-electron chi connectivity index (χ2n) is 6.01. The van der Waals surface area contributed by atoms with Gasteiger partial charge in [-0.25, -0.2) is 14.2 Å². The van der Waals surface area contributed by atoms with Crippen LogP contribution in [0.5, 0.6) is 0 Å². The smallest absolute Gasteiger partial charge is 0.348 e. The fourth-order valence-corrected chi connectivity index (χ4v) is 3.55. The Bertz CT molecular complexity index is 1150. The van der Waals surface area contributed by atoms with Crippen LogP contribution in [0, 0.1) is 12.7 Å². The van der Waals surface area contributed by atoms with Crippen LogP contribution in [0.1, 0.15) is 20.8 Å². The molecule has 0 spiro atoms. The Morgan fingerprint density at radius 3 is 2.57 bits per heavy atom. The molecule has 0 radical (unpaired) electrons. The highest BCUT2D eigenvalue weighted by atomic mass is 35.5. The standard InChI is InChI=1S/C20H16ClFN2O3S/c1-12-3-5-13(6-4-12)11-24-18(25)10-17(19(26)27-2)28-20(24)23-14-7-8-16(22)15(21)9-14/h3-10H,11H2,1-2H3. The summed E-state index contributed by atoms with van der Waals surface area (Å²) < 4.78 is 19.6. The van der Waals surface area contributed by atoms with Crippen LogP contribution in [0.2, 0.25) is 5.02 Å². The van der Waals surface area contributed by atoms with Crippen LogP contribution in [-0.4, -0.2) is 17.6 Å². The number of rotatable bonds is 4. The fraction of sp³-hybridized carbons (Fsp3) is 0.150. The highest BCUT2D eigenvalue weighted by molar-refractivity contribution is 7.11. The maximum atomic E-state index is 13.4. The third-order valence-corrected chi connectivity index (χ3v) is 5.22. The van der Waals surface area contributed by atoms with E-state index < -0.39 is 17.3 Å². The SMILES string of the molecule is COC(=O)c1cc(=O)n(Cc2ccc(C)cc2)c(=Nc2ccc(F)c(Cl)c2)s1. The molecule has 5 nitrogen and oxygen atoms in total. The number of esters is 1. The van der Waals surface area contributed by atoms with E-state index in [9.17, 15) is 14.0 Å². The Hall–Kier alpha value is -2.77. The minimum absolute atomic E-state index is 0.0807. The second kappa shape index (κ2) is 8.50. The van der Waals surface area contributed by atoms with Crippen LogP contribution in [-0.2, 0) is 11.3 Å². The molecule has 0 amide bonds. The fourth-order valence-electron chi connectivity index (χ4n) is 2.44. The number of methoxy groups -OCH3 is 1. The monoisotopic (exact) mass is 418 g/mol. The van der Waals surface area contributed by atoms with Crippen molar-refractivity contribution in [3.8, 4) is 0 Å². The zero-order chi connectivity index (χ0) is 20.3. The van der Waals surface area contributed by atoms with Crippen LogP contribution < -0.4 is 10.4 Å². The lowest BCUT2D eigenvalue weighted by atomic mass is 10.1. The van der Waals surface area contributed by atoms with Gasteiger partial charge in [0.05, 0.1) is 24.4 Å². The number of carbonyl (C=O) groups is 1. The second-order valence-corrected chi connectivity index (χ2v) is 7.42. The number of ether oxygens (including phenoxy) is 1. The highest BCUT2D eigenvalue weighted by Crippen LogP contribution is 2.21. The van der Waals surface area contributed by atoms with Gasteiger partial charge in [-0.15, -0.1) is 0 Å². The molecule has 0 aliphatic rings. The van der Waals surface area contributed by atoms with Gasteiger partial charge in [-0.05, 0) is 30.7 Å². The first-order valence-electron chi connectivity index (χ1n) is 8.26. The predicted molar refractivity (Wildman–Crippen MR) is 107 cm³/mol. The molecule has 0 aliphatic heterocycles. The third kappa shape index (κ3) is 4.55.